The van der Waals surface area contributed by atoms with Gasteiger partial charge in [-0.05, 0) is 30.5 Å². The monoisotopic (exact) mass is 457 g/mol. The maximum Gasteiger partial charge on any atom is 0.266 e. The zero-order valence-electron chi connectivity index (χ0n) is 18.0. The number of ether oxygens (including phenoxy) is 1. The van der Waals surface area contributed by atoms with Gasteiger partial charge in [-0.2, -0.15) is 4.31 Å². The highest BCUT2D eigenvalue weighted by atomic mass is 32.2. The van der Waals surface area contributed by atoms with Crippen molar-refractivity contribution < 1.29 is 27.5 Å². The van der Waals surface area contributed by atoms with Gasteiger partial charge in [0.05, 0.1) is 5.69 Å². The fourth-order valence-corrected chi connectivity index (χ4v) is 6.46. The number of hydrogen-bond acceptors (Lipinski definition) is 6. The van der Waals surface area contributed by atoms with Crippen LogP contribution in [0.4, 0.5) is 10.1 Å². The summed E-state index contributed by atoms with van der Waals surface area (Å²) in [4.78, 5) is 14.2. The number of unbranched alkanes of at least 4 members (excludes halogenated alkanes) is 2. The summed E-state index contributed by atoms with van der Waals surface area (Å²) in [6.45, 7) is 3.30. The Morgan fingerprint density at radius 1 is 1.19 bits per heavy atom. The van der Waals surface area contributed by atoms with Gasteiger partial charge in [0, 0.05) is 52.2 Å². The topological polar surface area (TPSA) is 99.2 Å². The van der Waals surface area contributed by atoms with E-state index in [9.17, 15) is 17.6 Å². The minimum Gasteiger partial charge on any atom is -0.381 e. The van der Waals surface area contributed by atoms with Gasteiger partial charge in [0.1, 0.15) is 5.82 Å². The zero-order valence-corrected chi connectivity index (χ0v) is 18.8. The minimum atomic E-state index is -4.03. The third kappa shape index (κ3) is 4.87. The second kappa shape index (κ2) is 10.2. The number of halogens is 1. The van der Waals surface area contributed by atoms with Crippen LogP contribution in [0, 0.1) is 5.82 Å². The molecule has 31 heavy (non-hydrogen) atoms. The summed E-state index contributed by atoms with van der Waals surface area (Å²) in [5, 5.41) is 9.15. The summed E-state index contributed by atoms with van der Waals surface area (Å²) < 4.78 is 46.2. The molecule has 1 aromatic carbocycles. The van der Waals surface area contributed by atoms with Crippen LogP contribution in [-0.2, 0) is 26.0 Å². The molecular formula is C21H32FN3O5S. The van der Waals surface area contributed by atoms with Crippen molar-refractivity contribution in [2.45, 2.75) is 50.2 Å². The normalized spacial score (nSPS) is 19.9. The average molecular weight is 458 g/mol. The summed E-state index contributed by atoms with van der Waals surface area (Å²) in [6.07, 6.45) is 4.06. The van der Waals surface area contributed by atoms with Crippen molar-refractivity contribution in [3.63, 3.8) is 0 Å². The van der Waals surface area contributed by atoms with Crippen LogP contribution in [0.15, 0.2) is 18.2 Å². The molecular weight excluding hydrogens is 425 g/mol. The first-order valence-corrected chi connectivity index (χ1v) is 12.3. The van der Waals surface area contributed by atoms with E-state index in [2.05, 4.69) is 6.92 Å². The number of piperazine rings is 1. The van der Waals surface area contributed by atoms with Crippen LogP contribution < -0.4 is 10.4 Å². The van der Waals surface area contributed by atoms with Crippen molar-refractivity contribution in [2.75, 3.05) is 44.3 Å². The van der Waals surface area contributed by atoms with E-state index in [4.69, 9.17) is 9.94 Å². The van der Waals surface area contributed by atoms with Crippen LogP contribution in [0.25, 0.3) is 0 Å². The molecule has 0 saturated carbocycles. The molecule has 2 aliphatic rings. The highest BCUT2D eigenvalue weighted by molar-refractivity contribution is 7.91. The van der Waals surface area contributed by atoms with Crippen LogP contribution in [0.1, 0.15) is 44.6 Å². The maximum absolute atomic E-state index is 14.7. The zero-order chi connectivity index (χ0) is 22.5. The van der Waals surface area contributed by atoms with E-state index in [1.165, 1.54) is 9.79 Å². The van der Waals surface area contributed by atoms with Crippen LogP contribution in [0.2, 0.25) is 0 Å². The van der Waals surface area contributed by atoms with Crippen LogP contribution in [0.3, 0.4) is 0 Å². The first-order chi connectivity index (χ1) is 14.9. The molecule has 0 spiro atoms. The van der Waals surface area contributed by atoms with Gasteiger partial charge >= 0.3 is 0 Å². The number of benzene rings is 1. The van der Waals surface area contributed by atoms with E-state index in [1.807, 2.05) is 11.0 Å². The van der Waals surface area contributed by atoms with E-state index in [-0.39, 0.29) is 45.0 Å². The highest BCUT2D eigenvalue weighted by Gasteiger charge is 2.54. The summed E-state index contributed by atoms with van der Waals surface area (Å²) in [5.41, 5.74) is 2.95. The summed E-state index contributed by atoms with van der Waals surface area (Å²) >= 11 is 0. The van der Waals surface area contributed by atoms with Gasteiger partial charge in [-0.15, -0.1) is 0 Å². The Kier molecular flexibility index (Phi) is 7.90. The van der Waals surface area contributed by atoms with Crippen molar-refractivity contribution in [1.29, 1.82) is 0 Å². The van der Waals surface area contributed by atoms with Gasteiger partial charge in [-0.1, -0.05) is 25.8 Å². The SMILES string of the molecule is CCCCCc1ccc(N2CCN(S(=O)(=O)C3(C(=O)NO)CCOCC3)CC2)c(F)c1. The number of rotatable bonds is 8. The molecule has 1 amide bonds. The van der Waals surface area contributed by atoms with Gasteiger partial charge < -0.3 is 9.64 Å². The molecule has 174 valence electrons. The molecule has 2 aliphatic heterocycles. The predicted octanol–water partition coefficient (Wildman–Crippen LogP) is 2.06. The number of carbonyl (C=O) groups excluding carboxylic acids is 1. The quantitative estimate of drug-likeness (QED) is 0.352. The molecule has 0 aromatic heterocycles. The van der Waals surface area contributed by atoms with E-state index in [0.29, 0.717) is 18.8 Å². The van der Waals surface area contributed by atoms with Crippen molar-refractivity contribution in [3.05, 3.63) is 29.6 Å². The molecule has 3 rings (SSSR count). The number of amides is 1. The molecule has 0 radical (unpaired) electrons. The van der Waals surface area contributed by atoms with Crippen LogP contribution in [-0.4, -0.2) is 68.0 Å². The highest BCUT2D eigenvalue weighted by Crippen LogP contribution is 2.34. The molecule has 8 nitrogen and oxygen atoms in total. The fraction of sp³-hybridized carbons (Fsp3) is 0.667. The van der Waals surface area contributed by atoms with Gasteiger partial charge in [0.2, 0.25) is 10.0 Å². The molecule has 0 bridgehead atoms. The molecule has 2 N–H and O–H groups in total. The maximum atomic E-state index is 14.7. The first kappa shape index (κ1) is 23.9. The second-order valence-electron chi connectivity index (χ2n) is 8.18. The standard InChI is InChI=1S/C21H32FN3O5S/c1-2-3-4-5-17-6-7-19(18(22)16-17)24-10-12-25(13-11-24)31(28,29)21(20(26)23-27)8-14-30-15-9-21/h6-7,16,27H,2-5,8-15H2,1H3,(H,23,26). The first-order valence-electron chi connectivity index (χ1n) is 10.9. The Bertz CT molecular complexity index is 866. The number of nitrogens with zero attached hydrogens (tertiary/aromatic N) is 2. The number of carbonyl (C=O) groups is 1. The number of anilines is 1. The molecule has 2 saturated heterocycles. The van der Waals surface area contributed by atoms with Crippen LogP contribution >= 0.6 is 0 Å². The molecule has 2 fully saturated rings. The lowest BCUT2D eigenvalue weighted by molar-refractivity contribution is -0.134. The molecule has 1 aromatic rings. The summed E-state index contributed by atoms with van der Waals surface area (Å²) in [7, 11) is -4.03. The number of sulfonamides is 1. The number of nitrogens with one attached hydrogen (secondary N) is 1. The van der Waals surface area contributed by atoms with E-state index < -0.39 is 20.7 Å². The van der Waals surface area contributed by atoms with Gasteiger partial charge in [0.15, 0.2) is 4.75 Å². The summed E-state index contributed by atoms with van der Waals surface area (Å²) in [5.74, 6) is -1.23. The molecule has 0 atom stereocenters. The Labute approximate surface area is 183 Å². The summed E-state index contributed by atoms with van der Waals surface area (Å²) in [6, 6.07) is 5.26. The molecule has 0 unspecified atom stereocenters. The van der Waals surface area contributed by atoms with Gasteiger partial charge in [-0.25, -0.2) is 18.3 Å². The van der Waals surface area contributed by atoms with E-state index >= 15 is 0 Å². The predicted molar refractivity (Wildman–Crippen MR) is 115 cm³/mol. The van der Waals surface area contributed by atoms with Gasteiger partial charge in [0.25, 0.3) is 5.91 Å². The third-order valence-corrected chi connectivity index (χ3v) is 8.94. The van der Waals surface area contributed by atoms with Gasteiger partial charge in [-0.3, -0.25) is 10.0 Å². The minimum absolute atomic E-state index is 0.0178. The average Bonchev–Trinajstić information content (AvgIpc) is 2.79. The Hall–Kier alpha value is -1.75. The third-order valence-electron chi connectivity index (χ3n) is 6.31. The van der Waals surface area contributed by atoms with E-state index in [0.717, 1.165) is 31.2 Å². The number of aryl methyl sites for hydroxylation is 1. The van der Waals surface area contributed by atoms with Crippen LogP contribution in [0.5, 0.6) is 0 Å². The molecule has 0 aliphatic carbocycles. The van der Waals surface area contributed by atoms with Crippen molar-refractivity contribution in [1.82, 2.24) is 9.79 Å². The lowest BCUT2D eigenvalue weighted by Crippen LogP contribution is -2.62. The lowest BCUT2D eigenvalue weighted by Gasteiger charge is -2.42. The molecule has 2 heterocycles. The largest absolute Gasteiger partial charge is 0.381 e. The fourth-order valence-electron chi connectivity index (χ4n) is 4.36. The lowest BCUT2D eigenvalue weighted by atomic mass is 9.98. The number of hydroxylamine groups is 1. The Morgan fingerprint density at radius 3 is 2.45 bits per heavy atom. The molecule has 10 heteroatoms. The Balaban J connectivity index is 1.69. The van der Waals surface area contributed by atoms with E-state index in [1.54, 1.807) is 12.1 Å². The second-order valence-corrected chi connectivity index (χ2v) is 10.4. The van der Waals surface area contributed by atoms with Crippen molar-refractivity contribution >= 4 is 21.6 Å². The Morgan fingerprint density at radius 2 is 1.87 bits per heavy atom. The van der Waals surface area contributed by atoms with Crippen molar-refractivity contribution in [3.8, 4) is 0 Å². The van der Waals surface area contributed by atoms with Crippen molar-refractivity contribution in [2.24, 2.45) is 0 Å². The number of hydrogen-bond donors (Lipinski definition) is 2. The smallest absolute Gasteiger partial charge is 0.266 e.